The first kappa shape index (κ1) is 26.6. The lowest BCUT2D eigenvalue weighted by Gasteiger charge is -2.30. The summed E-state index contributed by atoms with van der Waals surface area (Å²) in [5.41, 5.74) is 2.56. The van der Waals surface area contributed by atoms with Crippen LogP contribution in [-0.2, 0) is 22.0 Å². The van der Waals surface area contributed by atoms with Gasteiger partial charge in [0.2, 0.25) is 0 Å². The van der Waals surface area contributed by atoms with Crippen molar-refractivity contribution in [3.8, 4) is 11.5 Å². The van der Waals surface area contributed by atoms with Crippen LogP contribution < -0.4 is 9.47 Å². The van der Waals surface area contributed by atoms with E-state index in [4.69, 9.17) is 18.6 Å². The summed E-state index contributed by atoms with van der Waals surface area (Å²) in [5.74, 6) is 1.93. The van der Waals surface area contributed by atoms with Gasteiger partial charge in [-0.05, 0) is 61.7 Å². The molecule has 6 heteroatoms. The predicted molar refractivity (Wildman–Crippen MR) is 139 cm³/mol. The van der Waals surface area contributed by atoms with Crippen LogP contribution in [0.4, 0.5) is 0 Å². The first-order valence-electron chi connectivity index (χ1n) is 11.7. The summed E-state index contributed by atoms with van der Waals surface area (Å²) >= 11 is 0. The van der Waals surface area contributed by atoms with Gasteiger partial charge in [0.1, 0.15) is 11.5 Å². The minimum Gasteiger partial charge on any atom is -0.496 e. The monoisotopic (exact) mass is 474 g/mol. The van der Waals surface area contributed by atoms with Crippen LogP contribution in [0, 0.1) is 0 Å². The zero-order valence-electron chi connectivity index (χ0n) is 20.9. The highest BCUT2D eigenvalue weighted by atomic mass is 28.4. The van der Waals surface area contributed by atoms with E-state index in [1.165, 1.54) is 29.6 Å². The molecule has 0 unspecified atom stereocenters. The van der Waals surface area contributed by atoms with Crippen molar-refractivity contribution < 1.29 is 18.6 Å². The first-order chi connectivity index (χ1) is 15.3. The quantitative estimate of drug-likeness (QED) is 0.212. The van der Waals surface area contributed by atoms with Gasteiger partial charge in [0, 0.05) is 13.3 Å². The van der Waals surface area contributed by atoms with Crippen LogP contribution >= 0.6 is 0 Å². The van der Waals surface area contributed by atoms with E-state index in [9.17, 15) is 0 Å². The molecule has 0 bridgehead atoms. The maximum atomic E-state index is 6.60. The third-order valence-corrected chi connectivity index (χ3v) is 11.3. The summed E-state index contributed by atoms with van der Waals surface area (Å²) in [7, 11) is 0.339. The van der Waals surface area contributed by atoms with Crippen LogP contribution in [-0.4, -0.2) is 43.6 Å². The lowest BCUT2D eigenvalue weighted by molar-refractivity contribution is 0.0504. The van der Waals surface area contributed by atoms with E-state index < -0.39 is 16.4 Å². The number of methoxy groups -OCH3 is 2. The molecule has 0 N–H and O–H groups in total. The van der Waals surface area contributed by atoms with Crippen LogP contribution in [0.5, 0.6) is 11.5 Å². The van der Waals surface area contributed by atoms with E-state index in [0.717, 1.165) is 37.0 Å². The molecule has 0 amide bonds. The average molecular weight is 475 g/mol. The Morgan fingerprint density at radius 3 is 1.91 bits per heavy atom. The first-order valence-corrected chi connectivity index (χ1v) is 18.2. The van der Waals surface area contributed by atoms with Crippen LogP contribution in [0.1, 0.15) is 24.0 Å². The second kappa shape index (κ2) is 13.2. The van der Waals surface area contributed by atoms with Crippen molar-refractivity contribution in [3.05, 3.63) is 59.7 Å². The minimum absolute atomic E-state index is 0.294. The van der Waals surface area contributed by atoms with Gasteiger partial charge in [-0.15, -0.1) is 0 Å². The van der Waals surface area contributed by atoms with Gasteiger partial charge < -0.3 is 18.6 Å². The van der Waals surface area contributed by atoms with E-state index >= 15 is 0 Å². The van der Waals surface area contributed by atoms with Crippen molar-refractivity contribution in [2.75, 3.05) is 27.2 Å². The number of para-hydroxylation sites is 2. The fraction of sp³-hybridized carbons (Fsp3) is 0.538. The van der Waals surface area contributed by atoms with Gasteiger partial charge in [0.05, 0.1) is 15.2 Å². The molecular formula is C26H42O4Si2. The molecule has 0 spiro atoms. The number of ether oxygens (including phenoxy) is 3. The molecule has 0 aromatic heterocycles. The van der Waals surface area contributed by atoms with Gasteiger partial charge in [-0.25, -0.2) is 0 Å². The zero-order valence-corrected chi connectivity index (χ0v) is 22.9. The van der Waals surface area contributed by atoms with Crippen LogP contribution in [0.2, 0.25) is 38.3 Å². The molecule has 0 radical (unpaired) electrons. The molecule has 0 atom stereocenters. The topological polar surface area (TPSA) is 36.9 Å². The summed E-state index contributed by atoms with van der Waals surface area (Å²) in [6, 6.07) is 19.1. The molecule has 32 heavy (non-hydrogen) atoms. The van der Waals surface area contributed by atoms with Crippen molar-refractivity contribution in [1.29, 1.82) is 0 Å². The Kier molecular flexibility index (Phi) is 11.0. The van der Waals surface area contributed by atoms with Gasteiger partial charge >= 0.3 is 0 Å². The van der Waals surface area contributed by atoms with Crippen molar-refractivity contribution in [2.24, 2.45) is 0 Å². The number of benzene rings is 2. The van der Waals surface area contributed by atoms with Gasteiger partial charge in [-0.1, -0.05) is 62.0 Å². The Bertz CT molecular complexity index is 808. The number of hydrogen-bond donors (Lipinski definition) is 0. The van der Waals surface area contributed by atoms with E-state index in [2.05, 4.69) is 50.5 Å². The fourth-order valence-corrected chi connectivity index (χ4v) is 9.46. The Hall–Kier alpha value is -1.61. The molecule has 2 aromatic rings. The Morgan fingerprint density at radius 2 is 1.28 bits per heavy atom. The third kappa shape index (κ3) is 9.49. The molecule has 0 aliphatic carbocycles. The summed E-state index contributed by atoms with van der Waals surface area (Å²) in [6.45, 7) is 9.94. The van der Waals surface area contributed by atoms with Crippen LogP contribution in [0.15, 0.2) is 48.5 Å². The standard InChI is InChI=1S/C26H42O4Si2/c1-27-21-29-26-18-10-8-14-24(26)15-11-19-31(3,4)22-30-32(5,6)20-12-16-23-13-7-9-17-25(23)28-2/h7-10,13-14,17-18H,11-12,15-16,19-22H2,1-6H3. The Labute approximate surface area is 197 Å². The van der Waals surface area contributed by atoms with Gasteiger partial charge in [0.15, 0.2) is 15.1 Å². The van der Waals surface area contributed by atoms with Gasteiger partial charge in [0.25, 0.3) is 0 Å². The maximum Gasteiger partial charge on any atom is 0.188 e. The molecule has 2 aromatic carbocycles. The largest absolute Gasteiger partial charge is 0.496 e. The molecule has 0 saturated heterocycles. The lowest BCUT2D eigenvalue weighted by atomic mass is 10.1. The smallest absolute Gasteiger partial charge is 0.188 e. The highest BCUT2D eigenvalue weighted by molar-refractivity contribution is 6.79. The Morgan fingerprint density at radius 1 is 0.719 bits per heavy atom. The zero-order chi connectivity index (χ0) is 23.5. The predicted octanol–water partition coefficient (Wildman–Crippen LogP) is 6.71. The number of rotatable bonds is 15. The van der Waals surface area contributed by atoms with Gasteiger partial charge in [-0.3, -0.25) is 0 Å². The summed E-state index contributed by atoms with van der Waals surface area (Å²) in [6.07, 6.45) is 5.37. The molecule has 4 nitrogen and oxygen atoms in total. The van der Waals surface area contributed by atoms with Crippen LogP contribution in [0.3, 0.4) is 0 Å². The van der Waals surface area contributed by atoms with E-state index in [0.29, 0.717) is 6.79 Å². The summed E-state index contributed by atoms with van der Waals surface area (Å²) in [4.78, 5) is 0. The normalized spacial score (nSPS) is 12.1. The van der Waals surface area contributed by atoms with E-state index in [1.54, 1.807) is 14.2 Å². The number of hydrogen-bond acceptors (Lipinski definition) is 4. The van der Waals surface area contributed by atoms with Crippen molar-refractivity contribution in [3.63, 3.8) is 0 Å². The van der Waals surface area contributed by atoms with E-state index in [-0.39, 0.29) is 0 Å². The number of aryl methyl sites for hydroxylation is 2. The van der Waals surface area contributed by atoms with Crippen molar-refractivity contribution in [1.82, 2.24) is 0 Å². The van der Waals surface area contributed by atoms with Crippen molar-refractivity contribution in [2.45, 2.75) is 64.0 Å². The highest BCUT2D eigenvalue weighted by Gasteiger charge is 2.28. The molecule has 0 heterocycles. The Balaban J connectivity index is 1.75. The molecule has 0 aliphatic rings. The second-order valence-electron chi connectivity index (χ2n) is 9.89. The molecule has 178 valence electrons. The molecular weight excluding hydrogens is 432 g/mol. The fourth-order valence-electron chi connectivity index (χ4n) is 3.88. The molecule has 0 fully saturated rings. The summed E-state index contributed by atoms with van der Waals surface area (Å²) in [5, 5.41) is 0. The highest BCUT2D eigenvalue weighted by Crippen LogP contribution is 2.25. The molecule has 0 saturated carbocycles. The van der Waals surface area contributed by atoms with Gasteiger partial charge in [-0.2, -0.15) is 0 Å². The SMILES string of the molecule is COCOc1ccccc1CCC[Si](C)(C)CO[Si](C)(C)CCCc1ccccc1OC. The summed E-state index contributed by atoms with van der Waals surface area (Å²) < 4.78 is 22.8. The van der Waals surface area contributed by atoms with Crippen molar-refractivity contribution >= 4 is 16.4 Å². The minimum atomic E-state index is -1.66. The molecule has 0 aliphatic heterocycles. The third-order valence-electron chi connectivity index (χ3n) is 5.88. The second-order valence-corrected chi connectivity index (χ2v) is 19.3. The molecule has 2 rings (SSSR count). The lowest BCUT2D eigenvalue weighted by Crippen LogP contribution is -2.40. The van der Waals surface area contributed by atoms with Crippen LogP contribution in [0.25, 0.3) is 0 Å². The average Bonchev–Trinajstić information content (AvgIpc) is 2.77. The maximum absolute atomic E-state index is 6.60. The van der Waals surface area contributed by atoms with E-state index in [1.807, 2.05) is 24.3 Å².